The Kier molecular flexibility index (Phi) is 2.75. The minimum atomic E-state index is -0.235. The standard InChI is InChI=1S/C12H14N2O2/c1-8-13-10-6-9(4-5-12(10)16-8)11(7-15)14(2)3/h4-7,11H,1-3H3. The number of hydrogen-bond donors (Lipinski definition) is 0. The van der Waals surface area contributed by atoms with E-state index in [1.165, 1.54) is 0 Å². The van der Waals surface area contributed by atoms with E-state index in [1.54, 1.807) is 0 Å². The second-order valence-corrected chi connectivity index (χ2v) is 4.00. The molecular formula is C12H14N2O2. The Balaban J connectivity index is 2.48. The lowest BCUT2D eigenvalue weighted by molar-refractivity contribution is -0.111. The first-order valence-corrected chi connectivity index (χ1v) is 5.10. The summed E-state index contributed by atoms with van der Waals surface area (Å²) in [6.45, 7) is 1.81. The number of carbonyl (C=O) groups excluding carboxylic acids is 1. The topological polar surface area (TPSA) is 46.3 Å². The largest absolute Gasteiger partial charge is 0.441 e. The monoisotopic (exact) mass is 218 g/mol. The van der Waals surface area contributed by atoms with E-state index in [1.807, 2.05) is 44.1 Å². The molecule has 1 atom stereocenters. The second kappa shape index (κ2) is 4.06. The van der Waals surface area contributed by atoms with E-state index in [0.717, 1.165) is 22.9 Å². The number of nitrogens with zero attached hydrogens (tertiary/aromatic N) is 2. The van der Waals surface area contributed by atoms with Crippen LogP contribution in [0.1, 0.15) is 17.5 Å². The van der Waals surface area contributed by atoms with Gasteiger partial charge in [0.1, 0.15) is 11.8 Å². The van der Waals surface area contributed by atoms with Crippen molar-refractivity contribution in [3.05, 3.63) is 29.7 Å². The van der Waals surface area contributed by atoms with E-state index in [2.05, 4.69) is 4.98 Å². The van der Waals surface area contributed by atoms with E-state index in [0.29, 0.717) is 5.89 Å². The van der Waals surface area contributed by atoms with Gasteiger partial charge in [0, 0.05) is 6.92 Å². The third-order valence-corrected chi connectivity index (χ3v) is 2.55. The number of aryl methyl sites for hydroxylation is 1. The van der Waals surface area contributed by atoms with Crippen LogP contribution in [-0.2, 0) is 4.79 Å². The Morgan fingerprint density at radius 1 is 1.44 bits per heavy atom. The fraction of sp³-hybridized carbons (Fsp3) is 0.333. The number of likely N-dealkylation sites (N-methyl/N-ethyl adjacent to an activating group) is 1. The molecule has 1 unspecified atom stereocenters. The van der Waals surface area contributed by atoms with Crippen LogP contribution in [0.15, 0.2) is 22.6 Å². The van der Waals surface area contributed by atoms with Crippen molar-refractivity contribution in [1.29, 1.82) is 0 Å². The van der Waals surface area contributed by atoms with Crippen LogP contribution in [-0.4, -0.2) is 30.3 Å². The minimum absolute atomic E-state index is 0.235. The molecule has 0 bridgehead atoms. The van der Waals surface area contributed by atoms with Crippen LogP contribution in [0.3, 0.4) is 0 Å². The third kappa shape index (κ3) is 1.84. The molecule has 4 heteroatoms. The molecule has 0 aliphatic carbocycles. The van der Waals surface area contributed by atoms with E-state index < -0.39 is 0 Å². The molecule has 0 saturated carbocycles. The second-order valence-electron chi connectivity index (χ2n) is 4.00. The van der Waals surface area contributed by atoms with E-state index in [4.69, 9.17) is 4.42 Å². The van der Waals surface area contributed by atoms with Gasteiger partial charge in [-0.05, 0) is 31.8 Å². The molecule has 2 aromatic rings. The molecule has 0 saturated heterocycles. The van der Waals surface area contributed by atoms with Gasteiger partial charge in [0.15, 0.2) is 11.5 Å². The van der Waals surface area contributed by atoms with Crippen LogP contribution in [0.25, 0.3) is 11.1 Å². The number of oxazole rings is 1. The first-order chi connectivity index (χ1) is 7.61. The normalized spacial score (nSPS) is 13.2. The number of rotatable bonds is 3. The molecule has 1 aromatic heterocycles. The molecule has 4 nitrogen and oxygen atoms in total. The molecule has 0 fully saturated rings. The van der Waals surface area contributed by atoms with E-state index >= 15 is 0 Å². The van der Waals surface area contributed by atoms with Crippen LogP contribution in [0, 0.1) is 6.92 Å². The molecule has 16 heavy (non-hydrogen) atoms. The minimum Gasteiger partial charge on any atom is -0.441 e. The maximum atomic E-state index is 11.0. The van der Waals surface area contributed by atoms with E-state index in [-0.39, 0.29) is 6.04 Å². The Morgan fingerprint density at radius 2 is 2.19 bits per heavy atom. The smallest absolute Gasteiger partial charge is 0.192 e. The van der Waals surface area contributed by atoms with Gasteiger partial charge in [0.05, 0.1) is 6.04 Å². The fourth-order valence-electron chi connectivity index (χ4n) is 1.74. The first-order valence-electron chi connectivity index (χ1n) is 5.10. The maximum absolute atomic E-state index is 11.0. The van der Waals surface area contributed by atoms with Crippen molar-refractivity contribution in [1.82, 2.24) is 9.88 Å². The summed E-state index contributed by atoms with van der Waals surface area (Å²) in [6.07, 6.45) is 0.925. The zero-order chi connectivity index (χ0) is 11.7. The summed E-state index contributed by atoms with van der Waals surface area (Å²) in [5.41, 5.74) is 2.48. The Hall–Kier alpha value is -1.68. The molecule has 1 aromatic carbocycles. The van der Waals surface area contributed by atoms with Gasteiger partial charge in [-0.15, -0.1) is 0 Å². The summed E-state index contributed by atoms with van der Waals surface area (Å²) in [5, 5.41) is 0. The summed E-state index contributed by atoms with van der Waals surface area (Å²) in [7, 11) is 3.74. The van der Waals surface area contributed by atoms with Crippen molar-refractivity contribution < 1.29 is 9.21 Å². The number of benzene rings is 1. The highest BCUT2D eigenvalue weighted by atomic mass is 16.3. The zero-order valence-electron chi connectivity index (χ0n) is 9.60. The molecule has 2 rings (SSSR count). The molecule has 0 amide bonds. The van der Waals surface area contributed by atoms with Crippen LogP contribution in [0.5, 0.6) is 0 Å². The SMILES string of the molecule is Cc1nc2cc(C(C=O)N(C)C)ccc2o1. The quantitative estimate of drug-likeness (QED) is 0.738. The third-order valence-electron chi connectivity index (χ3n) is 2.55. The van der Waals surface area contributed by atoms with Crippen LogP contribution >= 0.6 is 0 Å². The van der Waals surface area contributed by atoms with Crippen molar-refractivity contribution in [2.45, 2.75) is 13.0 Å². The predicted molar refractivity (Wildman–Crippen MR) is 61.2 cm³/mol. The Morgan fingerprint density at radius 3 is 2.81 bits per heavy atom. The average Bonchev–Trinajstić information content (AvgIpc) is 2.57. The summed E-state index contributed by atoms with van der Waals surface area (Å²) >= 11 is 0. The van der Waals surface area contributed by atoms with Crippen molar-refractivity contribution in [2.24, 2.45) is 0 Å². The molecule has 0 radical (unpaired) electrons. The molecule has 0 aliphatic rings. The van der Waals surface area contributed by atoms with Gasteiger partial charge in [-0.3, -0.25) is 4.90 Å². The number of fused-ring (bicyclic) bond motifs is 1. The van der Waals surface area contributed by atoms with Crippen molar-refractivity contribution in [2.75, 3.05) is 14.1 Å². The highest BCUT2D eigenvalue weighted by Gasteiger charge is 2.14. The van der Waals surface area contributed by atoms with Gasteiger partial charge >= 0.3 is 0 Å². The molecular weight excluding hydrogens is 204 g/mol. The van der Waals surface area contributed by atoms with Gasteiger partial charge in [-0.2, -0.15) is 0 Å². The number of carbonyl (C=O) groups is 1. The van der Waals surface area contributed by atoms with Crippen molar-refractivity contribution in [3.63, 3.8) is 0 Å². The first kappa shape index (κ1) is 10.8. The lowest BCUT2D eigenvalue weighted by Gasteiger charge is -2.18. The predicted octanol–water partition coefficient (Wildman–Crippen LogP) is 1.94. The lowest BCUT2D eigenvalue weighted by Crippen LogP contribution is -2.20. The lowest BCUT2D eigenvalue weighted by atomic mass is 10.1. The molecule has 1 heterocycles. The summed E-state index contributed by atoms with van der Waals surface area (Å²) in [5.74, 6) is 0.639. The van der Waals surface area contributed by atoms with Gasteiger partial charge in [-0.25, -0.2) is 4.98 Å². The van der Waals surface area contributed by atoms with Gasteiger partial charge < -0.3 is 9.21 Å². The van der Waals surface area contributed by atoms with Crippen molar-refractivity contribution in [3.8, 4) is 0 Å². The Bertz CT molecular complexity index is 517. The molecule has 0 N–H and O–H groups in total. The average molecular weight is 218 g/mol. The van der Waals surface area contributed by atoms with E-state index in [9.17, 15) is 4.79 Å². The fourth-order valence-corrected chi connectivity index (χ4v) is 1.74. The van der Waals surface area contributed by atoms with Gasteiger partial charge in [-0.1, -0.05) is 6.07 Å². The Labute approximate surface area is 93.9 Å². The summed E-state index contributed by atoms with van der Waals surface area (Å²) < 4.78 is 5.38. The molecule has 0 aliphatic heterocycles. The molecule has 84 valence electrons. The number of aldehydes is 1. The molecule has 0 spiro atoms. The van der Waals surface area contributed by atoms with Crippen LogP contribution < -0.4 is 0 Å². The highest BCUT2D eigenvalue weighted by Crippen LogP contribution is 2.22. The summed E-state index contributed by atoms with van der Waals surface area (Å²) in [4.78, 5) is 17.1. The zero-order valence-corrected chi connectivity index (χ0v) is 9.60. The highest BCUT2D eigenvalue weighted by molar-refractivity contribution is 5.75. The van der Waals surface area contributed by atoms with Crippen LogP contribution in [0.4, 0.5) is 0 Å². The number of hydrogen-bond acceptors (Lipinski definition) is 4. The number of aromatic nitrogens is 1. The van der Waals surface area contributed by atoms with Crippen LogP contribution in [0.2, 0.25) is 0 Å². The maximum Gasteiger partial charge on any atom is 0.192 e. The van der Waals surface area contributed by atoms with Crippen molar-refractivity contribution >= 4 is 17.4 Å². The summed E-state index contributed by atoms with van der Waals surface area (Å²) in [6, 6.07) is 5.41. The van der Waals surface area contributed by atoms with Gasteiger partial charge in [0.2, 0.25) is 0 Å². The van der Waals surface area contributed by atoms with Gasteiger partial charge in [0.25, 0.3) is 0 Å².